The summed E-state index contributed by atoms with van der Waals surface area (Å²) in [6.07, 6.45) is 7.40. The fraction of sp³-hybridized carbons (Fsp3) is 0.917. The summed E-state index contributed by atoms with van der Waals surface area (Å²) in [4.78, 5) is 13.4. The molecule has 0 aromatic rings. The Balaban J connectivity index is 2.11. The van der Waals surface area contributed by atoms with Crippen LogP contribution in [0.2, 0.25) is 0 Å². The molecule has 0 bridgehead atoms. The fourth-order valence-electron chi connectivity index (χ4n) is 2.20. The number of amides is 1. The quantitative estimate of drug-likeness (QED) is 0.753. The third-order valence-corrected chi connectivity index (χ3v) is 3.31. The lowest BCUT2D eigenvalue weighted by Crippen LogP contribution is -2.39. The molecule has 3 nitrogen and oxygen atoms in total. The van der Waals surface area contributed by atoms with Gasteiger partial charge in [-0.25, -0.2) is 0 Å². The Morgan fingerprint density at radius 1 is 1.33 bits per heavy atom. The van der Waals surface area contributed by atoms with Crippen molar-refractivity contribution in [3.63, 3.8) is 0 Å². The Morgan fingerprint density at radius 3 is 2.60 bits per heavy atom. The van der Waals surface area contributed by atoms with Crippen molar-refractivity contribution >= 4 is 5.91 Å². The van der Waals surface area contributed by atoms with Crippen LogP contribution in [0.3, 0.4) is 0 Å². The third-order valence-electron chi connectivity index (χ3n) is 3.31. The first-order valence-electron chi connectivity index (χ1n) is 6.21. The molecular formula is C12H24N2O. The number of carbonyl (C=O) groups excluding carboxylic acids is 1. The molecule has 1 N–H and O–H groups in total. The summed E-state index contributed by atoms with van der Waals surface area (Å²) in [7, 11) is 2.17. The number of nitrogens with one attached hydrogen (secondary N) is 1. The molecule has 1 amide bonds. The van der Waals surface area contributed by atoms with Gasteiger partial charge in [-0.15, -0.1) is 0 Å². The van der Waals surface area contributed by atoms with Crippen LogP contribution < -0.4 is 5.32 Å². The molecule has 88 valence electrons. The van der Waals surface area contributed by atoms with Gasteiger partial charge in [0.15, 0.2) is 0 Å². The molecule has 0 aromatic carbocycles. The van der Waals surface area contributed by atoms with Gasteiger partial charge < -0.3 is 10.2 Å². The van der Waals surface area contributed by atoms with Crippen molar-refractivity contribution in [2.45, 2.75) is 51.5 Å². The molecule has 0 unspecified atom stereocenters. The van der Waals surface area contributed by atoms with Crippen molar-refractivity contribution in [3.05, 3.63) is 0 Å². The molecule has 0 radical (unpaired) electrons. The van der Waals surface area contributed by atoms with Crippen molar-refractivity contribution in [3.8, 4) is 0 Å². The van der Waals surface area contributed by atoms with E-state index in [4.69, 9.17) is 0 Å². The van der Waals surface area contributed by atoms with Gasteiger partial charge in [-0.3, -0.25) is 4.79 Å². The minimum atomic E-state index is 0.159. The summed E-state index contributed by atoms with van der Waals surface area (Å²) in [6, 6.07) is 0.747. The highest BCUT2D eigenvalue weighted by Gasteiger charge is 2.17. The van der Waals surface area contributed by atoms with Crippen molar-refractivity contribution in [1.82, 2.24) is 10.2 Å². The zero-order valence-corrected chi connectivity index (χ0v) is 10.1. The Bertz CT molecular complexity index is 188. The summed E-state index contributed by atoms with van der Waals surface area (Å²) in [5.74, 6) is 0.159. The number of likely N-dealkylation sites (N-methyl/N-ethyl adjacent to an activating group) is 1. The molecule has 3 heteroatoms. The number of rotatable bonds is 5. The molecule has 0 spiro atoms. The van der Waals surface area contributed by atoms with Crippen molar-refractivity contribution in [2.24, 2.45) is 0 Å². The first-order chi connectivity index (χ1) is 7.24. The molecule has 0 atom stereocenters. The predicted octanol–water partition coefficient (Wildman–Crippen LogP) is 1.78. The fourth-order valence-corrected chi connectivity index (χ4v) is 2.20. The largest absolute Gasteiger partial charge is 0.355 e. The van der Waals surface area contributed by atoms with Crippen LogP contribution in [-0.2, 0) is 4.79 Å². The monoisotopic (exact) mass is 212 g/mol. The van der Waals surface area contributed by atoms with E-state index in [9.17, 15) is 4.79 Å². The number of carbonyl (C=O) groups is 1. The summed E-state index contributed by atoms with van der Waals surface area (Å²) < 4.78 is 0. The molecule has 0 saturated heterocycles. The van der Waals surface area contributed by atoms with E-state index in [0.29, 0.717) is 6.42 Å². The van der Waals surface area contributed by atoms with Crippen LogP contribution in [-0.4, -0.2) is 37.0 Å². The van der Waals surface area contributed by atoms with E-state index < -0.39 is 0 Å². The Morgan fingerprint density at radius 2 is 2.00 bits per heavy atom. The van der Waals surface area contributed by atoms with Gasteiger partial charge in [0.2, 0.25) is 5.91 Å². The molecule has 1 aliphatic carbocycles. The van der Waals surface area contributed by atoms with Crippen LogP contribution in [0.4, 0.5) is 0 Å². The second-order valence-electron chi connectivity index (χ2n) is 4.48. The molecule has 1 rings (SSSR count). The molecule has 1 saturated carbocycles. The van der Waals surface area contributed by atoms with E-state index in [1.165, 1.54) is 32.1 Å². The van der Waals surface area contributed by atoms with Crippen molar-refractivity contribution in [1.29, 1.82) is 0 Å². The van der Waals surface area contributed by atoms with E-state index in [0.717, 1.165) is 19.1 Å². The standard InChI is InChI=1S/C12H24N2O/c1-3-12(15)13-9-10-14(2)11-7-5-4-6-8-11/h11H,3-10H2,1-2H3,(H,13,15). The predicted molar refractivity (Wildman–Crippen MR) is 62.8 cm³/mol. The lowest BCUT2D eigenvalue weighted by Gasteiger charge is -2.31. The highest BCUT2D eigenvalue weighted by molar-refractivity contribution is 5.75. The molecule has 0 aromatic heterocycles. The highest BCUT2D eigenvalue weighted by Crippen LogP contribution is 2.20. The van der Waals surface area contributed by atoms with E-state index >= 15 is 0 Å². The molecule has 1 aliphatic rings. The van der Waals surface area contributed by atoms with Gasteiger partial charge in [0.25, 0.3) is 0 Å². The average Bonchev–Trinajstić information content (AvgIpc) is 2.29. The zero-order chi connectivity index (χ0) is 11.1. The normalized spacial score (nSPS) is 18.1. The van der Waals surface area contributed by atoms with E-state index in [2.05, 4.69) is 17.3 Å². The van der Waals surface area contributed by atoms with Gasteiger partial charge in [-0.1, -0.05) is 26.2 Å². The number of hydrogen-bond acceptors (Lipinski definition) is 2. The van der Waals surface area contributed by atoms with Crippen LogP contribution in [0, 0.1) is 0 Å². The molecule has 0 heterocycles. The number of hydrogen-bond donors (Lipinski definition) is 1. The third kappa shape index (κ3) is 4.65. The average molecular weight is 212 g/mol. The van der Waals surface area contributed by atoms with Crippen molar-refractivity contribution < 1.29 is 4.79 Å². The second kappa shape index (κ2) is 6.83. The van der Waals surface area contributed by atoms with Gasteiger partial charge in [-0.05, 0) is 19.9 Å². The zero-order valence-electron chi connectivity index (χ0n) is 10.1. The van der Waals surface area contributed by atoms with Crippen LogP contribution in [0.15, 0.2) is 0 Å². The van der Waals surface area contributed by atoms with Crippen LogP contribution in [0.25, 0.3) is 0 Å². The van der Waals surface area contributed by atoms with Crippen LogP contribution >= 0.6 is 0 Å². The lowest BCUT2D eigenvalue weighted by molar-refractivity contribution is -0.120. The second-order valence-corrected chi connectivity index (χ2v) is 4.48. The maximum Gasteiger partial charge on any atom is 0.219 e. The van der Waals surface area contributed by atoms with Gasteiger partial charge in [-0.2, -0.15) is 0 Å². The van der Waals surface area contributed by atoms with E-state index in [1.54, 1.807) is 0 Å². The Hall–Kier alpha value is -0.570. The minimum absolute atomic E-state index is 0.159. The highest BCUT2D eigenvalue weighted by atomic mass is 16.1. The SMILES string of the molecule is CCC(=O)NCCN(C)C1CCCCC1. The first kappa shape index (κ1) is 12.5. The summed E-state index contributed by atoms with van der Waals surface area (Å²) in [5.41, 5.74) is 0. The van der Waals surface area contributed by atoms with Gasteiger partial charge in [0.1, 0.15) is 0 Å². The van der Waals surface area contributed by atoms with Crippen LogP contribution in [0.5, 0.6) is 0 Å². The first-order valence-corrected chi connectivity index (χ1v) is 6.21. The van der Waals surface area contributed by atoms with Gasteiger partial charge in [0, 0.05) is 25.6 Å². The summed E-state index contributed by atoms with van der Waals surface area (Å²) >= 11 is 0. The Kier molecular flexibility index (Phi) is 5.69. The number of nitrogens with zero attached hydrogens (tertiary/aromatic N) is 1. The maximum atomic E-state index is 11.0. The maximum absolute atomic E-state index is 11.0. The summed E-state index contributed by atoms with van der Waals surface area (Å²) in [5, 5.41) is 2.92. The smallest absolute Gasteiger partial charge is 0.219 e. The van der Waals surface area contributed by atoms with Crippen molar-refractivity contribution in [2.75, 3.05) is 20.1 Å². The Labute approximate surface area is 93.2 Å². The topological polar surface area (TPSA) is 32.3 Å². The van der Waals surface area contributed by atoms with Gasteiger partial charge >= 0.3 is 0 Å². The van der Waals surface area contributed by atoms with Gasteiger partial charge in [0.05, 0.1) is 0 Å². The minimum Gasteiger partial charge on any atom is -0.355 e. The molecule has 1 fully saturated rings. The molecular weight excluding hydrogens is 188 g/mol. The summed E-state index contributed by atoms with van der Waals surface area (Å²) in [6.45, 7) is 3.66. The lowest BCUT2D eigenvalue weighted by atomic mass is 9.94. The van der Waals surface area contributed by atoms with E-state index in [1.807, 2.05) is 6.92 Å². The van der Waals surface area contributed by atoms with E-state index in [-0.39, 0.29) is 5.91 Å². The van der Waals surface area contributed by atoms with Crippen LogP contribution in [0.1, 0.15) is 45.4 Å². The molecule has 0 aliphatic heterocycles. The molecule has 15 heavy (non-hydrogen) atoms.